The Kier molecular flexibility index (Phi) is 5.41. The molecule has 0 N–H and O–H groups in total. The summed E-state index contributed by atoms with van der Waals surface area (Å²) in [6.07, 6.45) is 0.836. The van der Waals surface area contributed by atoms with Gasteiger partial charge in [-0.3, -0.25) is 0 Å². The summed E-state index contributed by atoms with van der Waals surface area (Å²) in [7, 11) is 0. The van der Waals surface area contributed by atoms with Crippen LogP contribution in [0.4, 0.5) is 4.39 Å². The Morgan fingerprint density at radius 2 is 2.20 bits per heavy atom. The summed E-state index contributed by atoms with van der Waals surface area (Å²) in [5, 5.41) is 0. The Bertz CT molecular complexity index is 600. The second-order valence-electron chi connectivity index (χ2n) is 4.79. The molecule has 110 valence electrons. The topological polar surface area (TPSA) is 27.1 Å². The highest BCUT2D eigenvalue weighted by molar-refractivity contribution is 9.10. The number of aryl methyl sites for hydroxylation is 1. The molecule has 6 heteroatoms. The second kappa shape index (κ2) is 6.87. The van der Waals surface area contributed by atoms with Crippen LogP contribution in [0.15, 0.2) is 16.6 Å². The first-order chi connectivity index (χ1) is 9.52. The largest absolute Gasteiger partial charge is 0.377 e. The molecule has 1 heterocycles. The Hall–Kier alpha value is -0.650. The number of imidazole rings is 1. The van der Waals surface area contributed by atoms with Crippen molar-refractivity contribution in [2.24, 2.45) is 0 Å². The first-order valence-corrected chi connectivity index (χ1v) is 7.87. The maximum Gasteiger partial charge on any atom is 0.139 e. The van der Waals surface area contributed by atoms with E-state index in [1.165, 1.54) is 6.07 Å². The molecule has 0 radical (unpaired) electrons. The summed E-state index contributed by atoms with van der Waals surface area (Å²) < 4.78 is 21.7. The van der Waals surface area contributed by atoms with E-state index < -0.39 is 0 Å². The molecule has 1 aromatic heterocycles. The van der Waals surface area contributed by atoms with Crippen molar-refractivity contribution < 1.29 is 9.13 Å². The maximum absolute atomic E-state index is 13.6. The molecule has 0 saturated heterocycles. The van der Waals surface area contributed by atoms with Gasteiger partial charge in [0.1, 0.15) is 11.6 Å². The van der Waals surface area contributed by atoms with Crippen molar-refractivity contribution in [3.8, 4) is 0 Å². The number of aromatic nitrogens is 2. The van der Waals surface area contributed by atoms with Gasteiger partial charge in [-0.2, -0.15) is 0 Å². The summed E-state index contributed by atoms with van der Waals surface area (Å²) in [4.78, 5) is 4.46. The molecule has 1 aromatic carbocycles. The van der Waals surface area contributed by atoms with Crippen molar-refractivity contribution in [3.63, 3.8) is 0 Å². The van der Waals surface area contributed by atoms with Crippen molar-refractivity contribution in [1.29, 1.82) is 0 Å². The molecule has 0 bridgehead atoms. The fraction of sp³-hybridized carbons (Fsp3) is 0.500. The van der Waals surface area contributed by atoms with Crippen LogP contribution in [0.5, 0.6) is 0 Å². The van der Waals surface area contributed by atoms with Gasteiger partial charge in [0.05, 0.1) is 28.2 Å². The van der Waals surface area contributed by atoms with Crippen molar-refractivity contribution in [2.45, 2.75) is 32.9 Å². The van der Waals surface area contributed by atoms with Gasteiger partial charge in [0.25, 0.3) is 0 Å². The third-order valence-corrected chi connectivity index (χ3v) is 3.75. The van der Waals surface area contributed by atoms with Gasteiger partial charge >= 0.3 is 0 Å². The van der Waals surface area contributed by atoms with Crippen LogP contribution in [-0.2, 0) is 17.7 Å². The lowest BCUT2D eigenvalue weighted by Gasteiger charge is -2.11. The molecule has 3 nitrogen and oxygen atoms in total. The third kappa shape index (κ3) is 3.51. The minimum Gasteiger partial charge on any atom is -0.377 e. The number of hydrogen-bond acceptors (Lipinski definition) is 2. The van der Waals surface area contributed by atoms with E-state index in [-0.39, 0.29) is 11.9 Å². The van der Waals surface area contributed by atoms with E-state index in [0.29, 0.717) is 35.4 Å². The summed E-state index contributed by atoms with van der Waals surface area (Å²) >= 11 is 9.03. The molecule has 0 atom stereocenters. The van der Waals surface area contributed by atoms with E-state index in [1.54, 1.807) is 6.07 Å². The number of alkyl halides is 1. The Labute approximate surface area is 131 Å². The fourth-order valence-electron chi connectivity index (χ4n) is 2.07. The SMILES string of the molecule is CC(C)OCCn1c(CCCl)nc2cc(F)c(Br)cc21. The standard InChI is InChI=1S/C14H17BrClFN2O/c1-9(2)20-6-5-19-13-7-10(15)11(17)8-12(13)18-14(19)3-4-16/h7-9H,3-6H2,1-2H3. The lowest BCUT2D eigenvalue weighted by molar-refractivity contribution is 0.0729. The van der Waals surface area contributed by atoms with E-state index >= 15 is 0 Å². The predicted octanol–water partition coefficient (Wildman–Crippen LogP) is 4.14. The van der Waals surface area contributed by atoms with Crippen molar-refractivity contribution >= 4 is 38.6 Å². The van der Waals surface area contributed by atoms with Crippen molar-refractivity contribution in [1.82, 2.24) is 9.55 Å². The highest BCUT2D eigenvalue weighted by atomic mass is 79.9. The lowest BCUT2D eigenvalue weighted by atomic mass is 10.3. The van der Waals surface area contributed by atoms with Crippen LogP contribution in [0.25, 0.3) is 11.0 Å². The second-order valence-corrected chi connectivity index (χ2v) is 6.03. The van der Waals surface area contributed by atoms with Gasteiger partial charge in [-0.1, -0.05) is 0 Å². The van der Waals surface area contributed by atoms with E-state index in [9.17, 15) is 4.39 Å². The molecule has 0 spiro atoms. The average Bonchev–Trinajstić information content (AvgIpc) is 2.68. The van der Waals surface area contributed by atoms with Gasteiger partial charge in [-0.15, -0.1) is 11.6 Å². The number of hydrogen-bond donors (Lipinski definition) is 0. The summed E-state index contributed by atoms with van der Waals surface area (Å²) in [6.45, 7) is 5.27. The molecule has 0 saturated carbocycles. The number of nitrogens with zero attached hydrogens (tertiary/aromatic N) is 2. The van der Waals surface area contributed by atoms with E-state index in [2.05, 4.69) is 20.9 Å². The fourth-order valence-corrected chi connectivity index (χ4v) is 2.57. The van der Waals surface area contributed by atoms with Crippen molar-refractivity contribution in [3.05, 3.63) is 28.2 Å². The quantitative estimate of drug-likeness (QED) is 0.721. The number of benzene rings is 1. The molecule has 2 aromatic rings. The number of ether oxygens (including phenoxy) is 1. The highest BCUT2D eigenvalue weighted by Gasteiger charge is 2.13. The molecule has 20 heavy (non-hydrogen) atoms. The summed E-state index contributed by atoms with van der Waals surface area (Å²) in [6, 6.07) is 3.20. The normalized spacial score (nSPS) is 11.7. The van der Waals surface area contributed by atoms with Crippen LogP contribution in [0.2, 0.25) is 0 Å². The van der Waals surface area contributed by atoms with Crippen molar-refractivity contribution in [2.75, 3.05) is 12.5 Å². The summed E-state index contributed by atoms with van der Waals surface area (Å²) in [5.74, 6) is 1.04. The van der Waals surface area contributed by atoms with Crippen LogP contribution in [0.1, 0.15) is 19.7 Å². The van der Waals surface area contributed by atoms with Crippen LogP contribution in [0, 0.1) is 5.82 Å². The Balaban J connectivity index is 2.37. The minimum atomic E-state index is -0.307. The van der Waals surface area contributed by atoms with Gasteiger partial charge in [0.2, 0.25) is 0 Å². The third-order valence-electron chi connectivity index (χ3n) is 2.95. The van der Waals surface area contributed by atoms with Gasteiger partial charge in [-0.25, -0.2) is 9.37 Å². The number of rotatable bonds is 6. The lowest BCUT2D eigenvalue weighted by Crippen LogP contribution is -2.13. The average molecular weight is 364 g/mol. The van der Waals surface area contributed by atoms with E-state index in [1.807, 2.05) is 18.4 Å². The minimum absolute atomic E-state index is 0.186. The first kappa shape index (κ1) is 15.7. The van der Waals surface area contributed by atoms with Crippen LogP contribution < -0.4 is 0 Å². The zero-order valence-electron chi connectivity index (χ0n) is 11.5. The van der Waals surface area contributed by atoms with Crippen LogP contribution >= 0.6 is 27.5 Å². The first-order valence-electron chi connectivity index (χ1n) is 6.54. The molecular formula is C14H17BrClFN2O. The van der Waals surface area contributed by atoms with Gasteiger partial charge in [0.15, 0.2) is 0 Å². The van der Waals surface area contributed by atoms with Crippen LogP contribution in [-0.4, -0.2) is 28.1 Å². The molecular weight excluding hydrogens is 347 g/mol. The van der Waals surface area contributed by atoms with Gasteiger partial charge < -0.3 is 9.30 Å². The monoisotopic (exact) mass is 362 g/mol. The smallest absolute Gasteiger partial charge is 0.139 e. The predicted molar refractivity (Wildman–Crippen MR) is 82.9 cm³/mol. The number of halogens is 3. The molecule has 0 amide bonds. The molecule has 0 aliphatic heterocycles. The molecule has 2 rings (SSSR count). The van der Waals surface area contributed by atoms with E-state index in [0.717, 1.165) is 11.3 Å². The van der Waals surface area contributed by atoms with E-state index in [4.69, 9.17) is 16.3 Å². The molecule has 0 aliphatic rings. The zero-order chi connectivity index (χ0) is 14.7. The molecule has 0 fully saturated rings. The Morgan fingerprint density at radius 1 is 1.45 bits per heavy atom. The number of fused-ring (bicyclic) bond motifs is 1. The highest BCUT2D eigenvalue weighted by Crippen LogP contribution is 2.24. The molecule has 0 aliphatic carbocycles. The van der Waals surface area contributed by atoms with Gasteiger partial charge in [-0.05, 0) is 35.8 Å². The zero-order valence-corrected chi connectivity index (χ0v) is 13.8. The Morgan fingerprint density at radius 3 is 2.85 bits per heavy atom. The van der Waals surface area contributed by atoms with Gasteiger partial charge in [0, 0.05) is 24.9 Å². The van der Waals surface area contributed by atoms with Crippen LogP contribution in [0.3, 0.4) is 0 Å². The maximum atomic E-state index is 13.6. The summed E-state index contributed by atoms with van der Waals surface area (Å²) in [5.41, 5.74) is 1.54. The molecule has 0 unspecified atom stereocenters.